The van der Waals surface area contributed by atoms with E-state index in [0.717, 1.165) is 16.2 Å². The molecule has 0 spiro atoms. The van der Waals surface area contributed by atoms with Crippen molar-refractivity contribution < 1.29 is 16.8 Å². The highest BCUT2D eigenvalue weighted by Gasteiger charge is 2.29. The minimum Gasteiger partial charge on any atom is -0.326 e. The van der Waals surface area contributed by atoms with Crippen LogP contribution in [0.3, 0.4) is 0 Å². The maximum absolute atomic E-state index is 12.1. The fraction of sp³-hybridized carbons (Fsp3) is 0.600. The van der Waals surface area contributed by atoms with E-state index in [0.29, 0.717) is 12.8 Å². The summed E-state index contributed by atoms with van der Waals surface area (Å²) in [7, 11) is -6.78. The second kappa shape index (κ2) is 5.49. The average molecular weight is 324 g/mol. The molecular formula is C10H16N2O4S3. The van der Waals surface area contributed by atoms with Crippen molar-refractivity contribution in [3.8, 4) is 0 Å². The SMILES string of the molecule is NCc1ccc(S(=O)(=O)NC2CCCS(=O)(=O)C2)s1. The normalized spacial score (nSPS) is 23.3. The molecule has 0 saturated carbocycles. The van der Waals surface area contributed by atoms with Crippen LogP contribution in [0.5, 0.6) is 0 Å². The van der Waals surface area contributed by atoms with E-state index in [2.05, 4.69) is 4.72 Å². The lowest BCUT2D eigenvalue weighted by Crippen LogP contribution is -2.42. The molecule has 1 aliphatic heterocycles. The zero-order chi connectivity index (χ0) is 14.1. The first-order chi connectivity index (χ1) is 8.82. The molecule has 1 saturated heterocycles. The molecule has 0 aromatic carbocycles. The molecule has 0 radical (unpaired) electrons. The van der Waals surface area contributed by atoms with Crippen molar-refractivity contribution in [3.63, 3.8) is 0 Å². The van der Waals surface area contributed by atoms with E-state index < -0.39 is 25.9 Å². The molecule has 3 N–H and O–H groups in total. The van der Waals surface area contributed by atoms with Crippen molar-refractivity contribution in [3.05, 3.63) is 17.0 Å². The first-order valence-electron chi connectivity index (χ1n) is 5.84. The first-order valence-corrected chi connectivity index (χ1v) is 9.96. The zero-order valence-corrected chi connectivity index (χ0v) is 12.7. The van der Waals surface area contributed by atoms with Crippen LogP contribution in [-0.4, -0.2) is 34.4 Å². The Hall–Kier alpha value is -0.480. The van der Waals surface area contributed by atoms with Gasteiger partial charge in [-0.25, -0.2) is 21.6 Å². The molecule has 1 aliphatic rings. The number of sulfonamides is 1. The molecule has 0 amide bonds. The minimum atomic E-state index is -3.65. The third kappa shape index (κ3) is 3.76. The molecule has 1 aromatic heterocycles. The van der Waals surface area contributed by atoms with Gasteiger partial charge in [0, 0.05) is 17.5 Å². The quantitative estimate of drug-likeness (QED) is 0.814. The number of rotatable bonds is 4. The van der Waals surface area contributed by atoms with Gasteiger partial charge in [-0.1, -0.05) is 0 Å². The zero-order valence-electron chi connectivity index (χ0n) is 10.2. The monoisotopic (exact) mass is 324 g/mol. The van der Waals surface area contributed by atoms with Crippen molar-refractivity contribution in [1.29, 1.82) is 0 Å². The highest BCUT2D eigenvalue weighted by molar-refractivity contribution is 7.92. The number of hydrogen-bond donors (Lipinski definition) is 2. The van der Waals surface area contributed by atoms with Crippen LogP contribution in [0.2, 0.25) is 0 Å². The molecule has 0 bridgehead atoms. The summed E-state index contributed by atoms with van der Waals surface area (Å²) in [5.74, 6) is 0.0168. The lowest BCUT2D eigenvalue weighted by atomic mass is 10.2. The standard InChI is InChI=1S/C10H16N2O4S3/c11-6-9-3-4-10(17-9)19(15,16)12-8-2-1-5-18(13,14)7-8/h3-4,8,12H,1-2,5-7,11H2. The highest BCUT2D eigenvalue weighted by Crippen LogP contribution is 2.22. The van der Waals surface area contributed by atoms with Crippen molar-refractivity contribution in [2.45, 2.75) is 29.6 Å². The summed E-state index contributed by atoms with van der Waals surface area (Å²) >= 11 is 1.10. The highest BCUT2D eigenvalue weighted by atomic mass is 32.2. The average Bonchev–Trinajstić information content (AvgIpc) is 2.76. The summed E-state index contributed by atoms with van der Waals surface area (Å²) in [6, 6.07) is 2.62. The molecule has 19 heavy (non-hydrogen) atoms. The van der Waals surface area contributed by atoms with Gasteiger partial charge in [0.25, 0.3) is 0 Å². The molecule has 9 heteroatoms. The summed E-state index contributed by atoms with van der Waals surface area (Å²) < 4.78 is 49.8. The topological polar surface area (TPSA) is 106 Å². The van der Waals surface area contributed by atoms with E-state index >= 15 is 0 Å². The second-order valence-corrected chi connectivity index (χ2v) is 9.84. The van der Waals surface area contributed by atoms with Crippen molar-refractivity contribution in [2.75, 3.05) is 11.5 Å². The van der Waals surface area contributed by atoms with Gasteiger partial charge in [-0.05, 0) is 25.0 Å². The van der Waals surface area contributed by atoms with Gasteiger partial charge >= 0.3 is 0 Å². The maximum atomic E-state index is 12.1. The molecule has 6 nitrogen and oxygen atoms in total. The third-order valence-electron chi connectivity index (χ3n) is 2.89. The third-order valence-corrected chi connectivity index (χ3v) is 7.83. The van der Waals surface area contributed by atoms with Crippen LogP contribution in [0.4, 0.5) is 0 Å². The molecule has 1 unspecified atom stereocenters. The Balaban J connectivity index is 2.13. The van der Waals surface area contributed by atoms with Crippen LogP contribution < -0.4 is 10.5 Å². The summed E-state index contributed by atoms with van der Waals surface area (Å²) in [5, 5.41) is 0. The van der Waals surface area contributed by atoms with E-state index in [1.54, 1.807) is 6.07 Å². The molecule has 2 heterocycles. The van der Waals surface area contributed by atoms with Crippen molar-refractivity contribution >= 4 is 31.2 Å². The molecule has 2 rings (SSSR count). The van der Waals surface area contributed by atoms with Gasteiger partial charge in [0.1, 0.15) is 4.21 Å². The van der Waals surface area contributed by atoms with Crippen LogP contribution in [0.25, 0.3) is 0 Å². The van der Waals surface area contributed by atoms with Crippen molar-refractivity contribution in [2.24, 2.45) is 5.73 Å². The smallest absolute Gasteiger partial charge is 0.250 e. The molecule has 0 aliphatic carbocycles. The van der Waals surface area contributed by atoms with Gasteiger partial charge in [-0.2, -0.15) is 0 Å². The predicted molar refractivity (Wildman–Crippen MR) is 74.2 cm³/mol. The summed E-state index contributed by atoms with van der Waals surface area (Å²) in [5.41, 5.74) is 5.44. The first kappa shape index (κ1) is 14.9. The molecule has 108 valence electrons. The van der Waals surface area contributed by atoms with E-state index in [9.17, 15) is 16.8 Å². The van der Waals surface area contributed by atoms with Gasteiger partial charge in [-0.3, -0.25) is 0 Å². The Morgan fingerprint density at radius 3 is 2.74 bits per heavy atom. The Morgan fingerprint density at radius 2 is 2.16 bits per heavy atom. The molecular weight excluding hydrogens is 308 g/mol. The van der Waals surface area contributed by atoms with Crippen LogP contribution in [0.15, 0.2) is 16.3 Å². The van der Waals surface area contributed by atoms with Gasteiger partial charge < -0.3 is 5.73 Å². The summed E-state index contributed by atoms with van der Waals surface area (Å²) in [6.45, 7) is 0.290. The number of nitrogens with two attached hydrogens (primary N) is 1. The van der Waals surface area contributed by atoms with Crippen LogP contribution in [0.1, 0.15) is 17.7 Å². The Morgan fingerprint density at radius 1 is 1.42 bits per heavy atom. The molecule has 1 atom stereocenters. The Labute approximate surface area is 117 Å². The predicted octanol–water partition coefficient (Wildman–Crippen LogP) is 0.0623. The Bertz CT molecular complexity index is 648. The van der Waals surface area contributed by atoms with Crippen LogP contribution in [0, 0.1) is 0 Å². The van der Waals surface area contributed by atoms with E-state index in [4.69, 9.17) is 5.73 Å². The van der Waals surface area contributed by atoms with Crippen LogP contribution >= 0.6 is 11.3 Å². The number of sulfone groups is 1. The van der Waals surface area contributed by atoms with Crippen LogP contribution in [-0.2, 0) is 26.4 Å². The number of thiophene rings is 1. The second-order valence-electron chi connectivity index (χ2n) is 4.50. The Kier molecular flexibility index (Phi) is 4.31. The van der Waals surface area contributed by atoms with E-state index in [1.807, 2.05) is 0 Å². The summed E-state index contributed by atoms with van der Waals surface area (Å²) in [4.78, 5) is 0.775. The van der Waals surface area contributed by atoms with Gasteiger partial charge in [0.15, 0.2) is 9.84 Å². The van der Waals surface area contributed by atoms with E-state index in [1.165, 1.54) is 6.07 Å². The van der Waals surface area contributed by atoms with E-state index in [-0.39, 0.29) is 22.3 Å². The summed E-state index contributed by atoms with van der Waals surface area (Å²) in [6.07, 6.45) is 1.04. The molecule has 1 aromatic rings. The lowest BCUT2D eigenvalue weighted by molar-refractivity contribution is 0.518. The largest absolute Gasteiger partial charge is 0.326 e. The molecule has 1 fully saturated rings. The number of hydrogen-bond acceptors (Lipinski definition) is 6. The number of nitrogens with one attached hydrogen (secondary N) is 1. The van der Waals surface area contributed by atoms with Gasteiger partial charge in [0.2, 0.25) is 10.0 Å². The fourth-order valence-electron chi connectivity index (χ4n) is 2.01. The van der Waals surface area contributed by atoms with Gasteiger partial charge in [0.05, 0.1) is 11.5 Å². The maximum Gasteiger partial charge on any atom is 0.250 e. The minimum absolute atomic E-state index is 0.124. The van der Waals surface area contributed by atoms with Gasteiger partial charge in [-0.15, -0.1) is 11.3 Å². The lowest BCUT2D eigenvalue weighted by Gasteiger charge is -2.22. The van der Waals surface area contributed by atoms with Crippen molar-refractivity contribution in [1.82, 2.24) is 4.72 Å². The fourth-order valence-corrected chi connectivity index (χ4v) is 6.27.